The first kappa shape index (κ1) is 15.1. The van der Waals surface area contributed by atoms with Crippen LogP contribution in [-0.2, 0) is 0 Å². The molecule has 0 bridgehead atoms. The Morgan fingerprint density at radius 1 is 1.25 bits per heavy atom. The van der Waals surface area contributed by atoms with Gasteiger partial charge in [-0.25, -0.2) is 0 Å². The molecule has 2 rings (SSSR count). The summed E-state index contributed by atoms with van der Waals surface area (Å²) in [4.78, 5) is 4.32. The minimum Gasteiger partial charge on any atom is -0.481 e. The summed E-state index contributed by atoms with van der Waals surface area (Å²) in [5, 5.41) is 1.06. The van der Waals surface area contributed by atoms with E-state index in [1.54, 1.807) is 24.4 Å². The van der Waals surface area contributed by atoms with E-state index in [1.807, 2.05) is 25.1 Å². The minimum atomic E-state index is -0.364. The SMILES string of the molecule is CCC(N)C(Oc1cc(Cl)ccc1Cl)c1ccccn1. The van der Waals surface area contributed by atoms with Crippen LogP contribution in [0.5, 0.6) is 5.75 Å². The van der Waals surface area contributed by atoms with Crippen LogP contribution >= 0.6 is 23.2 Å². The highest BCUT2D eigenvalue weighted by Crippen LogP contribution is 2.32. The Hall–Kier alpha value is -1.29. The average Bonchev–Trinajstić information content (AvgIpc) is 2.48. The largest absolute Gasteiger partial charge is 0.481 e. The van der Waals surface area contributed by atoms with E-state index < -0.39 is 0 Å². The summed E-state index contributed by atoms with van der Waals surface area (Å²) in [5.74, 6) is 0.513. The molecular weight excluding hydrogens is 295 g/mol. The number of aromatic nitrogens is 1. The molecule has 2 atom stereocenters. The van der Waals surface area contributed by atoms with Crippen LogP contribution in [0.15, 0.2) is 42.6 Å². The lowest BCUT2D eigenvalue weighted by Crippen LogP contribution is -2.32. The Morgan fingerprint density at radius 2 is 2.05 bits per heavy atom. The predicted octanol–water partition coefficient (Wildman–Crippen LogP) is 4.25. The topological polar surface area (TPSA) is 48.1 Å². The highest BCUT2D eigenvalue weighted by atomic mass is 35.5. The van der Waals surface area contributed by atoms with Crippen LogP contribution in [0.4, 0.5) is 0 Å². The first-order valence-electron chi connectivity index (χ1n) is 6.40. The van der Waals surface area contributed by atoms with Crippen LogP contribution in [0.2, 0.25) is 10.0 Å². The van der Waals surface area contributed by atoms with Gasteiger partial charge in [-0.05, 0) is 30.7 Å². The van der Waals surface area contributed by atoms with Gasteiger partial charge in [0.05, 0.1) is 10.7 Å². The number of hydrogen-bond acceptors (Lipinski definition) is 3. The van der Waals surface area contributed by atoms with Gasteiger partial charge in [-0.15, -0.1) is 0 Å². The molecule has 1 aromatic carbocycles. The summed E-state index contributed by atoms with van der Waals surface area (Å²) in [7, 11) is 0. The number of nitrogens with zero attached hydrogens (tertiary/aromatic N) is 1. The molecule has 2 aromatic rings. The molecule has 0 aliphatic rings. The molecule has 0 aliphatic heterocycles. The van der Waals surface area contributed by atoms with Gasteiger partial charge in [0.15, 0.2) is 6.10 Å². The molecule has 1 aromatic heterocycles. The zero-order valence-corrected chi connectivity index (χ0v) is 12.6. The number of halogens is 2. The Kier molecular flexibility index (Phi) is 5.24. The first-order valence-corrected chi connectivity index (χ1v) is 7.15. The number of pyridine rings is 1. The fourth-order valence-electron chi connectivity index (χ4n) is 1.83. The smallest absolute Gasteiger partial charge is 0.156 e. The van der Waals surface area contributed by atoms with Gasteiger partial charge in [-0.2, -0.15) is 0 Å². The number of rotatable bonds is 5. The highest BCUT2D eigenvalue weighted by Gasteiger charge is 2.22. The molecular formula is C15H16Cl2N2O. The fraction of sp³-hybridized carbons (Fsp3) is 0.267. The lowest BCUT2D eigenvalue weighted by atomic mass is 10.1. The average molecular weight is 311 g/mol. The third-order valence-corrected chi connectivity index (χ3v) is 3.53. The van der Waals surface area contributed by atoms with E-state index in [4.69, 9.17) is 33.7 Å². The summed E-state index contributed by atoms with van der Waals surface area (Å²) in [6, 6.07) is 10.6. The fourth-order valence-corrected chi connectivity index (χ4v) is 2.15. The highest BCUT2D eigenvalue weighted by molar-refractivity contribution is 6.34. The Morgan fingerprint density at radius 3 is 2.70 bits per heavy atom. The number of nitrogens with two attached hydrogens (primary N) is 1. The molecule has 0 aliphatic carbocycles. The van der Waals surface area contributed by atoms with E-state index in [2.05, 4.69) is 4.98 Å². The lowest BCUT2D eigenvalue weighted by Gasteiger charge is -2.24. The maximum atomic E-state index is 6.14. The molecule has 2 N–H and O–H groups in total. The summed E-state index contributed by atoms with van der Waals surface area (Å²) in [6.07, 6.45) is 2.12. The van der Waals surface area contributed by atoms with Crippen LogP contribution in [0, 0.1) is 0 Å². The van der Waals surface area contributed by atoms with Crippen molar-refractivity contribution in [1.29, 1.82) is 0 Å². The van der Waals surface area contributed by atoms with Gasteiger partial charge >= 0.3 is 0 Å². The quantitative estimate of drug-likeness (QED) is 0.898. The Labute approximate surface area is 128 Å². The molecule has 0 radical (unpaired) electrons. The summed E-state index contributed by atoms with van der Waals surface area (Å²) < 4.78 is 5.96. The van der Waals surface area contributed by atoms with Crippen molar-refractivity contribution in [2.45, 2.75) is 25.5 Å². The van der Waals surface area contributed by atoms with E-state index in [0.29, 0.717) is 15.8 Å². The number of hydrogen-bond donors (Lipinski definition) is 1. The second kappa shape index (κ2) is 6.93. The molecule has 0 saturated heterocycles. The molecule has 5 heteroatoms. The Balaban J connectivity index is 2.31. The second-order valence-corrected chi connectivity index (χ2v) is 5.28. The Bertz CT molecular complexity index is 563. The van der Waals surface area contributed by atoms with E-state index in [0.717, 1.165) is 12.1 Å². The van der Waals surface area contributed by atoms with Crippen molar-refractivity contribution in [3.63, 3.8) is 0 Å². The van der Waals surface area contributed by atoms with Crippen molar-refractivity contribution in [3.8, 4) is 5.75 Å². The third kappa shape index (κ3) is 3.63. The van der Waals surface area contributed by atoms with Crippen LogP contribution in [0.25, 0.3) is 0 Å². The van der Waals surface area contributed by atoms with Gasteiger partial charge in [0.1, 0.15) is 5.75 Å². The molecule has 0 saturated carbocycles. The normalized spacial score (nSPS) is 13.8. The molecule has 0 fully saturated rings. The summed E-state index contributed by atoms with van der Waals surface area (Å²) >= 11 is 12.1. The molecule has 3 nitrogen and oxygen atoms in total. The summed E-state index contributed by atoms with van der Waals surface area (Å²) in [5.41, 5.74) is 6.92. The third-order valence-electron chi connectivity index (χ3n) is 2.99. The second-order valence-electron chi connectivity index (χ2n) is 4.44. The van der Waals surface area contributed by atoms with Crippen molar-refractivity contribution in [2.24, 2.45) is 5.73 Å². The van der Waals surface area contributed by atoms with Crippen LogP contribution in [0.1, 0.15) is 25.1 Å². The number of ether oxygens (including phenoxy) is 1. The maximum Gasteiger partial charge on any atom is 0.156 e. The van der Waals surface area contributed by atoms with Crippen molar-refractivity contribution in [2.75, 3.05) is 0 Å². The van der Waals surface area contributed by atoms with E-state index in [1.165, 1.54) is 0 Å². The molecule has 106 valence electrons. The first-order chi connectivity index (χ1) is 9.61. The predicted molar refractivity (Wildman–Crippen MR) is 82.3 cm³/mol. The molecule has 0 amide bonds. The maximum absolute atomic E-state index is 6.14. The zero-order valence-electron chi connectivity index (χ0n) is 11.1. The van der Waals surface area contributed by atoms with Crippen LogP contribution in [0.3, 0.4) is 0 Å². The molecule has 2 unspecified atom stereocenters. The standard InChI is InChI=1S/C15H16Cl2N2O/c1-2-12(18)15(13-5-3-4-8-19-13)20-14-9-10(16)6-7-11(14)17/h3-9,12,15H,2,18H2,1H3. The van der Waals surface area contributed by atoms with Gasteiger partial charge in [0, 0.05) is 23.3 Å². The van der Waals surface area contributed by atoms with Gasteiger partial charge in [-0.1, -0.05) is 36.2 Å². The van der Waals surface area contributed by atoms with Crippen LogP contribution in [-0.4, -0.2) is 11.0 Å². The van der Waals surface area contributed by atoms with Crippen LogP contribution < -0.4 is 10.5 Å². The van der Waals surface area contributed by atoms with E-state index in [-0.39, 0.29) is 12.1 Å². The molecule has 0 spiro atoms. The van der Waals surface area contributed by atoms with Crippen molar-refractivity contribution in [3.05, 3.63) is 58.3 Å². The minimum absolute atomic E-state index is 0.181. The van der Waals surface area contributed by atoms with Gasteiger partial charge in [0.2, 0.25) is 0 Å². The van der Waals surface area contributed by atoms with Gasteiger partial charge in [0.25, 0.3) is 0 Å². The zero-order chi connectivity index (χ0) is 14.5. The van der Waals surface area contributed by atoms with Gasteiger partial charge < -0.3 is 10.5 Å². The van der Waals surface area contributed by atoms with Crippen molar-refractivity contribution < 1.29 is 4.74 Å². The monoisotopic (exact) mass is 310 g/mol. The van der Waals surface area contributed by atoms with Gasteiger partial charge in [-0.3, -0.25) is 4.98 Å². The summed E-state index contributed by atoms with van der Waals surface area (Å²) in [6.45, 7) is 2.00. The van der Waals surface area contributed by atoms with E-state index >= 15 is 0 Å². The number of benzene rings is 1. The molecule has 20 heavy (non-hydrogen) atoms. The van der Waals surface area contributed by atoms with E-state index in [9.17, 15) is 0 Å². The van der Waals surface area contributed by atoms with Crippen molar-refractivity contribution in [1.82, 2.24) is 4.98 Å². The lowest BCUT2D eigenvalue weighted by molar-refractivity contribution is 0.166. The molecule has 1 heterocycles. The van der Waals surface area contributed by atoms with Crippen molar-refractivity contribution >= 4 is 23.2 Å².